The van der Waals surface area contributed by atoms with E-state index in [-0.39, 0.29) is 5.69 Å². The summed E-state index contributed by atoms with van der Waals surface area (Å²) in [5.74, 6) is 0.630. The molecule has 0 aliphatic carbocycles. The fraction of sp³-hybridized carbons (Fsp3) is 0.200. The minimum atomic E-state index is -0.415. The van der Waals surface area contributed by atoms with Crippen LogP contribution in [0.25, 0.3) is 0 Å². The summed E-state index contributed by atoms with van der Waals surface area (Å²) in [5.41, 5.74) is 1.79. The van der Waals surface area contributed by atoms with Gasteiger partial charge in [-0.1, -0.05) is 23.7 Å². The van der Waals surface area contributed by atoms with Gasteiger partial charge in [-0.3, -0.25) is 10.1 Å². The van der Waals surface area contributed by atoms with E-state index in [9.17, 15) is 10.1 Å². The molecule has 2 aromatic rings. The molecule has 0 atom stereocenters. The first-order valence-corrected chi connectivity index (χ1v) is 6.77. The summed E-state index contributed by atoms with van der Waals surface area (Å²) in [6.07, 6.45) is 0. The second-order valence-electron chi connectivity index (χ2n) is 4.49. The zero-order valence-electron chi connectivity index (χ0n) is 11.5. The molecular weight excluding hydrogens is 292 g/mol. The van der Waals surface area contributed by atoms with Crippen LogP contribution in [0, 0.1) is 10.1 Å². The number of nitro benzene ring substituents is 1. The molecule has 0 saturated heterocycles. The topological polar surface area (TPSA) is 64.4 Å². The van der Waals surface area contributed by atoms with Crippen molar-refractivity contribution >= 4 is 17.3 Å². The maximum Gasteiger partial charge on any atom is 0.270 e. The highest BCUT2D eigenvalue weighted by Crippen LogP contribution is 2.25. The molecule has 0 spiro atoms. The first kappa shape index (κ1) is 15.3. The number of nitro groups is 1. The second-order valence-corrected chi connectivity index (χ2v) is 4.93. The molecule has 5 nitrogen and oxygen atoms in total. The van der Waals surface area contributed by atoms with E-state index in [0.717, 1.165) is 11.1 Å². The Hall–Kier alpha value is -2.11. The minimum absolute atomic E-state index is 0.0547. The van der Waals surface area contributed by atoms with Gasteiger partial charge in [0.25, 0.3) is 5.69 Å². The summed E-state index contributed by atoms with van der Waals surface area (Å²) in [6.45, 7) is 0.878. The van der Waals surface area contributed by atoms with Crippen molar-refractivity contribution in [3.63, 3.8) is 0 Å². The lowest BCUT2D eigenvalue weighted by atomic mass is 10.1. The summed E-state index contributed by atoms with van der Waals surface area (Å²) in [4.78, 5) is 10.4. The van der Waals surface area contributed by atoms with Crippen LogP contribution < -0.4 is 10.1 Å². The molecule has 21 heavy (non-hydrogen) atoms. The molecule has 0 unspecified atom stereocenters. The molecule has 0 amide bonds. The molecule has 2 rings (SSSR count). The average Bonchev–Trinajstić information content (AvgIpc) is 2.47. The van der Waals surface area contributed by atoms with E-state index >= 15 is 0 Å². The van der Waals surface area contributed by atoms with Crippen molar-refractivity contribution in [2.75, 3.05) is 7.05 Å². The first-order valence-electron chi connectivity index (χ1n) is 6.39. The summed E-state index contributed by atoms with van der Waals surface area (Å²) in [5, 5.41) is 14.5. The van der Waals surface area contributed by atoms with Gasteiger partial charge in [-0.15, -0.1) is 0 Å². The lowest BCUT2D eigenvalue weighted by molar-refractivity contribution is -0.384. The van der Waals surface area contributed by atoms with Gasteiger partial charge in [0, 0.05) is 29.3 Å². The molecule has 0 heterocycles. The van der Waals surface area contributed by atoms with Crippen LogP contribution in [0.1, 0.15) is 11.1 Å². The predicted molar refractivity (Wildman–Crippen MR) is 81.6 cm³/mol. The molecule has 1 N–H and O–H groups in total. The second kappa shape index (κ2) is 7.06. The van der Waals surface area contributed by atoms with Gasteiger partial charge in [0.1, 0.15) is 12.4 Å². The van der Waals surface area contributed by atoms with Gasteiger partial charge in [0.2, 0.25) is 0 Å². The van der Waals surface area contributed by atoms with Crippen LogP contribution in [0.15, 0.2) is 42.5 Å². The molecule has 0 bridgehead atoms. The third kappa shape index (κ3) is 4.18. The lowest BCUT2D eigenvalue weighted by Gasteiger charge is -2.11. The van der Waals surface area contributed by atoms with Crippen LogP contribution in [-0.4, -0.2) is 12.0 Å². The zero-order valence-corrected chi connectivity index (χ0v) is 12.3. The standard InChI is InChI=1S/C15H15ClN2O3/c1-17-9-12-8-14(18(19)20)6-7-15(12)21-10-11-2-4-13(16)5-3-11/h2-8,17H,9-10H2,1H3. The Morgan fingerprint density at radius 1 is 1.24 bits per heavy atom. The Morgan fingerprint density at radius 2 is 1.95 bits per heavy atom. The number of non-ortho nitro benzene ring substituents is 1. The van der Waals surface area contributed by atoms with Crippen LogP contribution in [0.3, 0.4) is 0 Å². The number of ether oxygens (including phenoxy) is 1. The molecule has 0 aliphatic heterocycles. The van der Waals surface area contributed by atoms with Gasteiger partial charge in [0.15, 0.2) is 0 Å². The minimum Gasteiger partial charge on any atom is -0.489 e. The summed E-state index contributed by atoms with van der Waals surface area (Å²) in [7, 11) is 1.78. The molecule has 6 heteroatoms. The van der Waals surface area contributed by atoms with Crippen LogP contribution in [-0.2, 0) is 13.2 Å². The number of rotatable bonds is 6. The van der Waals surface area contributed by atoms with Crippen molar-refractivity contribution in [1.82, 2.24) is 5.32 Å². The van der Waals surface area contributed by atoms with Crippen LogP contribution in [0.2, 0.25) is 5.02 Å². The maximum atomic E-state index is 10.8. The molecule has 110 valence electrons. The van der Waals surface area contributed by atoms with Crippen LogP contribution >= 0.6 is 11.6 Å². The quantitative estimate of drug-likeness (QED) is 0.655. The summed E-state index contributed by atoms with van der Waals surface area (Å²) >= 11 is 5.83. The van der Waals surface area contributed by atoms with Crippen LogP contribution in [0.4, 0.5) is 5.69 Å². The fourth-order valence-electron chi connectivity index (χ4n) is 1.89. The maximum absolute atomic E-state index is 10.8. The third-order valence-electron chi connectivity index (χ3n) is 2.93. The number of nitrogens with one attached hydrogen (secondary N) is 1. The Balaban J connectivity index is 2.14. The van der Waals surface area contributed by atoms with Crippen molar-refractivity contribution in [1.29, 1.82) is 0 Å². The Labute approximate surface area is 127 Å². The van der Waals surface area contributed by atoms with E-state index in [2.05, 4.69) is 5.32 Å². The van der Waals surface area contributed by atoms with Crippen molar-refractivity contribution < 1.29 is 9.66 Å². The van der Waals surface area contributed by atoms with Gasteiger partial charge >= 0.3 is 0 Å². The highest BCUT2D eigenvalue weighted by atomic mass is 35.5. The van der Waals surface area contributed by atoms with E-state index in [1.165, 1.54) is 12.1 Å². The normalized spacial score (nSPS) is 10.4. The molecule has 0 aromatic heterocycles. The number of hydrogen-bond donors (Lipinski definition) is 1. The monoisotopic (exact) mass is 306 g/mol. The third-order valence-corrected chi connectivity index (χ3v) is 3.18. The van der Waals surface area contributed by atoms with Crippen molar-refractivity contribution in [2.45, 2.75) is 13.2 Å². The number of benzene rings is 2. The number of halogens is 1. The van der Waals surface area contributed by atoms with Crippen molar-refractivity contribution in [3.05, 3.63) is 68.7 Å². The van der Waals surface area contributed by atoms with E-state index in [1.807, 2.05) is 12.1 Å². The number of hydrogen-bond acceptors (Lipinski definition) is 4. The largest absolute Gasteiger partial charge is 0.489 e. The first-order chi connectivity index (χ1) is 10.1. The highest BCUT2D eigenvalue weighted by Gasteiger charge is 2.11. The van der Waals surface area contributed by atoms with Crippen LogP contribution in [0.5, 0.6) is 5.75 Å². The molecule has 0 aliphatic rings. The highest BCUT2D eigenvalue weighted by molar-refractivity contribution is 6.30. The molecule has 0 saturated carbocycles. The van der Waals surface area contributed by atoms with Gasteiger partial charge in [-0.05, 0) is 30.8 Å². The van der Waals surface area contributed by atoms with Gasteiger partial charge in [-0.2, -0.15) is 0 Å². The van der Waals surface area contributed by atoms with Crippen molar-refractivity contribution in [2.24, 2.45) is 0 Å². The van der Waals surface area contributed by atoms with Gasteiger partial charge < -0.3 is 10.1 Å². The molecule has 0 radical (unpaired) electrons. The zero-order chi connectivity index (χ0) is 15.2. The SMILES string of the molecule is CNCc1cc([N+](=O)[O-])ccc1OCc1ccc(Cl)cc1. The fourth-order valence-corrected chi connectivity index (χ4v) is 2.02. The van der Waals surface area contributed by atoms with Crippen molar-refractivity contribution in [3.8, 4) is 5.75 Å². The Morgan fingerprint density at radius 3 is 2.57 bits per heavy atom. The average molecular weight is 307 g/mol. The van der Waals surface area contributed by atoms with Gasteiger partial charge in [0.05, 0.1) is 4.92 Å². The Bertz CT molecular complexity index is 629. The molecule has 0 fully saturated rings. The van der Waals surface area contributed by atoms with E-state index in [1.54, 1.807) is 25.2 Å². The van der Waals surface area contributed by atoms with E-state index in [4.69, 9.17) is 16.3 Å². The summed E-state index contributed by atoms with van der Waals surface area (Å²) < 4.78 is 5.74. The van der Waals surface area contributed by atoms with Gasteiger partial charge in [-0.25, -0.2) is 0 Å². The smallest absolute Gasteiger partial charge is 0.270 e. The van der Waals surface area contributed by atoms with E-state index in [0.29, 0.717) is 23.9 Å². The van der Waals surface area contributed by atoms with E-state index < -0.39 is 4.92 Å². The molecular formula is C15H15ClN2O3. The number of nitrogens with zero attached hydrogens (tertiary/aromatic N) is 1. The Kier molecular flexibility index (Phi) is 5.14. The summed E-state index contributed by atoms with van der Waals surface area (Å²) in [6, 6.07) is 11.9. The predicted octanol–water partition coefficient (Wildman–Crippen LogP) is 3.55. The molecule has 2 aromatic carbocycles. The lowest BCUT2D eigenvalue weighted by Crippen LogP contribution is -2.08.